The highest BCUT2D eigenvalue weighted by atomic mass is 35.5. The molecule has 0 unspecified atom stereocenters. The van der Waals surface area contributed by atoms with Crippen molar-refractivity contribution in [2.24, 2.45) is 0 Å². The highest BCUT2D eigenvalue weighted by molar-refractivity contribution is 5.85. The lowest BCUT2D eigenvalue weighted by Gasteiger charge is -2.13. The third-order valence-corrected chi connectivity index (χ3v) is 2.84. The van der Waals surface area contributed by atoms with E-state index in [-0.39, 0.29) is 12.4 Å². The minimum absolute atomic E-state index is 0. The van der Waals surface area contributed by atoms with E-state index < -0.39 is 0 Å². The van der Waals surface area contributed by atoms with Crippen LogP contribution in [0.15, 0.2) is 30.6 Å². The Bertz CT molecular complexity index is 473. The van der Waals surface area contributed by atoms with Crippen molar-refractivity contribution in [1.29, 1.82) is 0 Å². The molecule has 1 aliphatic heterocycles. The predicted molar refractivity (Wildman–Crippen MR) is 72.7 cm³/mol. The highest BCUT2D eigenvalue weighted by Gasteiger charge is 2.11. The summed E-state index contributed by atoms with van der Waals surface area (Å²) >= 11 is 0. The van der Waals surface area contributed by atoms with Crippen molar-refractivity contribution in [2.45, 2.75) is 19.6 Å². The molecule has 1 aliphatic rings. The molecular weight excluding hydrogens is 250 g/mol. The first kappa shape index (κ1) is 12.9. The van der Waals surface area contributed by atoms with Gasteiger partial charge in [-0.3, -0.25) is 0 Å². The number of halogens is 1. The first-order chi connectivity index (χ1) is 8.42. The number of aromatic nitrogens is 3. The van der Waals surface area contributed by atoms with Gasteiger partial charge in [-0.1, -0.05) is 6.07 Å². The van der Waals surface area contributed by atoms with Crippen LogP contribution in [-0.4, -0.2) is 21.1 Å². The molecule has 0 saturated carbocycles. The topological polar surface area (TPSA) is 54.8 Å². The maximum atomic E-state index is 4.58. The lowest BCUT2D eigenvalue weighted by molar-refractivity contribution is 0.505. The van der Waals surface area contributed by atoms with Crippen LogP contribution in [-0.2, 0) is 19.6 Å². The molecule has 2 aromatic rings. The van der Waals surface area contributed by atoms with E-state index >= 15 is 0 Å². The van der Waals surface area contributed by atoms with Gasteiger partial charge in [0.05, 0.1) is 18.8 Å². The van der Waals surface area contributed by atoms with Crippen LogP contribution in [0.25, 0.3) is 0 Å². The molecule has 0 aromatic carbocycles. The summed E-state index contributed by atoms with van der Waals surface area (Å²) in [6.45, 7) is 3.61. The van der Waals surface area contributed by atoms with Crippen LogP contribution < -0.4 is 10.6 Å². The van der Waals surface area contributed by atoms with Crippen LogP contribution in [0.5, 0.6) is 0 Å². The lowest BCUT2D eigenvalue weighted by Crippen LogP contribution is -2.27. The van der Waals surface area contributed by atoms with Gasteiger partial charge in [0.25, 0.3) is 0 Å². The second-order valence-electron chi connectivity index (χ2n) is 4.09. The Hall–Kier alpha value is -1.59. The number of nitrogens with zero attached hydrogens (tertiary/aromatic N) is 3. The fraction of sp³-hybridized carbons (Fsp3) is 0.333. The van der Waals surface area contributed by atoms with E-state index in [4.69, 9.17) is 0 Å². The van der Waals surface area contributed by atoms with Crippen molar-refractivity contribution in [3.05, 3.63) is 42.1 Å². The molecule has 0 spiro atoms. The van der Waals surface area contributed by atoms with Crippen molar-refractivity contribution in [1.82, 2.24) is 19.9 Å². The van der Waals surface area contributed by atoms with Gasteiger partial charge >= 0.3 is 0 Å². The van der Waals surface area contributed by atoms with E-state index in [9.17, 15) is 0 Å². The Kier molecular flexibility index (Phi) is 4.17. The van der Waals surface area contributed by atoms with E-state index in [0.717, 1.165) is 43.5 Å². The standard InChI is InChI=1S/C12H15N5.ClH/c1-2-4-14-11(3-1)15-7-10-9-17-6-5-13-8-12(17)16-10;/h1-4,9,13H,5-8H2,(H,14,15);1H. The highest BCUT2D eigenvalue weighted by Crippen LogP contribution is 2.08. The molecule has 5 nitrogen and oxygen atoms in total. The first-order valence-corrected chi connectivity index (χ1v) is 5.82. The number of fused-ring (bicyclic) bond motifs is 1. The number of nitrogens with one attached hydrogen (secondary N) is 2. The lowest BCUT2D eigenvalue weighted by atomic mass is 10.4. The summed E-state index contributed by atoms with van der Waals surface area (Å²) in [5.74, 6) is 2.01. The SMILES string of the molecule is Cl.c1ccc(NCc2cn3c(n2)CNCC3)nc1. The van der Waals surface area contributed by atoms with E-state index in [0.29, 0.717) is 0 Å². The number of pyridine rings is 1. The van der Waals surface area contributed by atoms with Gasteiger partial charge in [0, 0.05) is 25.5 Å². The molecule has 6 heteroatoms. The Morgan fingerprint density at radius 1 is 1.39 bits per heavy atom. The molecular formula is C12H16ClN5. The molecule has 2 aromatic heterocycles. The minimum Gasteiger partial charge on any atom is -0.364 e. The van der Waals surface area contributed by atoms with Gasteiger partial charge in [-0.2, -0.15) is 0 Å². The quantitative estimate of drug-likeness (QED) is 0.881. The maximum absolute atomic E-state index is 4.58. The first-order valence-electron chi connectivity index (χ1n) is 5.82. The fourth-order valence-electron chi connectivity index (χ4n) is 1.98. The van der Waals surface area contributed by atoms with E-state index in [1.807, 2.05) is 18.2 Å². The Labute approximate surface area is 112 Å². The molecule has 0 radical (unpaired) electrons. The van der Waals surface area contributed by atoms with Gasteiger partial charge in [0.1, 0.15) is 11.6 Å². The number of rotatable bonds is 3. The molecule has 0 fully saturated rings. The van der Waals surface area contributed by atoms with Gasteiger partial charge < -0.3 is 15.2 Å². The zero-order valence-corrected chi connectivity index (χ0v) is 10.8. The normalized spacial score (nSPS) is 13.6. The fourth-order valence-corrected chi connectivity index (χ4v) is 1.98. The van der Waals surface area contributed by atoms with Crippen LogP contribution in [0.2, 0.25) is 0 Å². The van der Waals surface area contributed by atoms with Crippen molar-refractivity contribution < 1.29 is 0 Å². The molecule has 0 aliphatic carbocycles. The summed E-state index contributed by atoms with van der Waals surface area (Å²) in [7, 11) is 0. The molecule has 0 atom stereocenters. The molecule has 0 saturated heterocycles. The molecule has 0 bridgehead atoms. The van der Waals surface area contributed by atoms with Crippen molar-refractivity contribution >= 4 is 18.2 Å². The third-order valence-electron chi connectivity index (χ3n) is 2.84. The summed E-state index contributed by atoms with van der Waals surface area (Å²) in [6.07, 6.45) is 3.90. The van der Waals surface area contributed by atoms with Crippen LogP contribution >= 0.6 is 12.4 Å². The van der Waals surface area contributed by atoms with Gasteiger partial charge in [-0.15, -0.1) is 12.4 Å². The Morgan fingerprint density at radius 2 is 2.33 bits per heavy atom. The number of hydrogen-bond acceptors (Lipinski definition) is 4. The van der Waals surface area contributed by atoms with E-state index in [1.54, 1.807) is 6.20 Å². The molecule has 0 amide bonds. The van der Waals surface area contributed by atoms with Gasteiger partial charge in [-0.05, 0) is 12.1 Å². The number of hydrogen-bond donors (Lipinski definition) is 2. The molecule has 3 rings (SSSR count). The van der Waals surface area contributed by atoms with E-state index in [2.05, 4.69) is 31.4 Å². The zero-order valence-electron chi connectivity index (χ0n) is 9.97. The smallest absolute Gasteiger partial charge is 0.126 e. The minimum atomic E-state index is 0. The molecule has 3 heterocycles. The Balaban J connectivity index is 0.00000120. The summed E-state index contributed by atoms with van der Waals surface area (Å²) < 4.78 is 2.21. The van der Waals surface area contributed by atoms with Crippen molar-refractivity contribution in [2.75, 3.05) is 11.9 Å². The average Bonchev–Trinajstić information content (AvgIpc) is 2.80. The summed E-state index contributed by atoms with van der Waals surface area (Å²) in [4.78, 5) is 8.79. The second kappa shape index (κ2) is 5.84. The van der Waals surface area contributed by atoms with Gasteiger partial charge in [0.2, 0.25) is 0 Å². The second-order valence-corrected chi connectivity index (χ2v) is 4.09. The third kappa shape index (κ3) is 2.80. The van der Waals surface area contributed by atoms with Crippen molar-refractivity contribution in [3.63, 3.8) is 0 Å². The molecule has 18 heavy (non-hydrogen) atoms. The molecule has 2 N–H and O–H groups in total. The predicted octanol–water partition coefficient (Wildman–Crippen LogP) is 1.42. The summed E-state index contributed by atoms with van der Waals surface area (Å²) in [5, 5.41) is 6.57. The van der Waals surface area contributed by atoms with Crippen LogP contribution in [0, 0.1) is 0 Å². The summed E-state index contributed by atoms with van der Waals surface area (Å²) in [5.41, 5.74) is 1.06. The monoisotopic (exact) mass is 265 g/mol. The Morgan fingerprint density at radius 3 is 3.11 bits per heavy atom. The molecule has 96 valence electrons. The van der Waals surface area contributed by atoms with E-state index in [1.165, 1.54) is 0 Å². The maximum Gasteiger partial charge on any atom is 0.126 e. The van der Waals surface area contributed by atoms with Crippen molar-refractivity contribution in [3.8, 4) is 0 Å². The van der Waals surface area contributed by atoms with Crippen LogP contribution in [0.4, 0.5) is 5.82 Å². The zero-order chi connectivity index (χ0) is 11.5. The average molecular weight is 266 g/mol. The number of anilines is 1. The van der Waals surface area contributed by atoms with Crippen LogP contribution in [0.1, 0.15) is 11.5 Å². The van der Waals surface area contributed by atoms with Gasteiger partial charge in [0.15, 0.2) is 0 Å². The summed E-state index contributed by atoms with van der Waals surface area (Å²) in [6, 6.07) is 5.83. The largest absolute Gasteiger partial charge is 0.364 e. The van der Waals surface area contributed by atoms with Gasteiger partial charge in [-0.25, -0.2) is 9.97 Å². The van der Waals surface area contributed by atoms with Crippen LogP contribution in [0.3, 0.4) is 0 Å². The number of imidazole rings is 1.